The smallest absolute Gasteiger partial charge is 0.406 e. The maximum absolute atomic E-state index is 10.8. The fraction of sp³-hybridized carbons (Fsp3) is 0.267. The zero-order chi connectivity index (χ0) is 14.4. The van der Waals surface area contributed by atoms with Gasteiger partial charge in [-0.3, -0.25) is 0 Å². The lowest BCUT2D eigenvalue weighted by Crippen LogP contribution is -2.14. The van der Waals surface area contributed by atoms with Gasteiger partial charge in [0.1, 0.15) is 6.20 Å². The van der Waals surface area contributed by atoms with Crippen LogP contribution in [-0.2, 0) is 6.42 Å². The predicted octanol–water partition coefficient (Wildman–Crippen LogP) is 3.39. The van der Waals surface area contributed by atoms with E-state index in [1.54, 1.807) is 12.1 Å². The first-order chi connectivity index (χ1) is 9.66. The van der Waals surface area contributed by atoms with E-state index in [1.807, 2.05) is 25.1 Å². The lowest BCUT2D eigenvalue weighted by atomic mass is 10.1. The van der Waals surface area contributed by atoms with E-state index in [-0.39, 0.29) is 17.7 Å². The first-order valence-corrected chi connectivity index (χ1v) is 6.47. The Morgan fingerprint density at radius 1 is 1.25 bits per heavy atom. The molecule has 0 fully saturated rings. The molecule has 0 bridgehead atoms. The Morgan fingerprint density at radius 2 is 2.00 bits per heavy atom. The molecule has 1 unspecified atom stereocenters. The van der Waals surface area contributed by atoms with E-state index >= 15 is 0 Å². The maximum atomic E-state index is 10.8. The van der Waals surface area contributed by atoms with Crippen molar-refractivity contribution in [3.8, 4) is 5.75 Å². The molecule has 0 aliphatic carbocycles. The third-order valence-corrected chi connectivity index (χ3v) is 2.93. The summed E-state index contributed by atoms with van der Waals surface area (Å²) in [6.45, 7) is 1.90. The van der Waals surface area contributed by atoms with Gasteiger partial charge in [0, 0.05) is 0 Å². The summed E-state index contributed by atoms with van der Waals surface area (Å²) in [4.78, 5) is 14.0. The second-order valence-corrected chi connectivity index (χ2v) is 4.53. The molecule has 20 heavy (non-hydrogen) atoms. The minimum Gasteiger partial charge on any atom is -0.483 e. The molecule has 0 radical (unpaired) electrons. The van der Waals surface area contributed by atoms with Gasteiger partial charge in [-0.25, -0.2) is 0 Å². The average molecular weight is 272 g/mol. The molecular formula is C15H16N2O3. The number of nitrogens with zero attached hydrogens (tertiary/aromatic N) is 2. The van der Waals surface area contributed by atoms with Crippen LogP contribution < -0.4 is 4.74 Å². The molecule has 104 valence electrons. The summed E-state index contributed by atoms with van der Waals surface area (Å²) in [5.41, 5.74) is 1.23. The Kier molecular flexibility index (Phi) is 4.65. The van der Waals surface area contributed by atoms with Crippen molar-refractivity contribution in [1.82, 2.24) is 4.98 Å². The fourth-order valence-corrected chi connectivity index (χ4v) is 1.90. The number of aromatic nitrogens is 1. The van der Waals surface area contributed by atoms with Gasteiger partial charge < -0.3 is 14.9 Å². The van der Waals surface area contributed by atoms with E-state index in [2.05, 4.69) is 17.1 Å². The van der Waals surface area contributed by atoms with Crippen LogP contribution >= 0.6 is 0 Å². The van der Waals surface area contributed by atoms with Crippen LogP contribution in [0.3, 0.4) is 0 Å². The Hall–Kier alpha value is -2.43. The summed E-state index contributed by atoms with van der Waals surface area (Å²) in [5, 5.41) is 10.8. The molecule has 5 heteroatoms. The first-order valence-electron chi connectivity index (χ1n) is 6.47. The van der Waals surface area contributed by atoms with Crippen molar-refractivity contribution in [3.63, 3.8) is 0 Å². The topological polar surface area (TPSA) is 65.3 Å². The molecule has 0 N–H and O–H groups in total. The van der Waals surface area contributed by atoms with E-state index in [4.69, 9.17) is 4.74 Å². The SMILES string of the molecule is CC(CCc1ccccc1)Oc1cccnc1[N+](=O)[O-]. The van der Waals surface area contributed by atoms with Gasteiger partial charge in [0.15, 0.2) is 0 Å². The zero-order valence-electron chi connectivity index (χ0n) is 11.2. The van der Waals surface area contributed by atoms with Gasteiger partial charge in [-0.2, -0.15) is 0 Å². The lowest BCUT2D eigenvalue weighted by molar-refractivity contribution is -0.390. The molecule has 0 aliphatic rings. The molecular weight excluding hydrogens is 256 g/mol. The molecule has 5 nitrogen and oxygen atoms in total. The number of benzene rings is 1. The summed E-state index contributed by atoms with van der Waals surface area (Å²) in [7, 11) is 0. The maximum Gasteiger partial charge on any atom is 0.406 e. The van der Waals surface area contributed by atoms with Gasteiger partial charge in [-0.05, 0) is 47.4 Å². The van der Waals surface area contributed by atoms with Crippen molar-refractivity contribution in [3.05, 3.63) is 64.3 Å². The summed E-state index contributed by atoms with van der Waals surface area (Å²) < 4.78 is 5.62. The van der Waals surface area contributed by atoms with Crippen molar-refractivity contribution in [2.24, 2.45) is 0 Å². The molecule has 0 saturated carbocycles. The van der Waals surface area contributed by atoms with E-state index in [1.165, 1.54) is 11.8 Å². The van der Waals surface area contributed by atoms with Crippen LogP contribution in [0.25, 0.3) is 0 Å². The second kappa shape index (κ2) is 6.65. The third kappa shape index (κ3) is 3.78. The zero-order valence-corrected chi connectivity index (χ0v) is 11.2. The van der Waals surface area contributed by atoms with Crippen molar-refractivity contribution < 1.29 is 9.66 Å². The minimum atomic E-state index is -0.529. The molecule has 0 saturated heterocycles. The summed E-state index contributed by atoms with van der Waals surface area (Å²) >= 11 is 0. The number of pyridine rings is 1. The Morgan fingerprint density at radius 3 is 2.70 bits per heavy atom. The van der Waals surface area contributed by atoms with Gasteiger partial charge in [0.2, 0.25) is 5.75 Å². The highest BCUT2D eigenvalue weighted by molar-refractivity contribution is 5.38. The summed E-state index contributed by atoms with van der Waals surface area (Å²) in [5.74, 6) is -0.0166. The van der Waals surface area contributed by atoms with E-state index in [9.17, 15) is 10.1 Å². The number of rotatable bonds is 6. The van der Waals surface area contributed by atoms with Crippen LogP contribution in [0, 0.1) is 10.1 Å². The van der Waals surface area contributed by atoms with Crippen LogP contribution in [-0.4, -0.2) is 16.0 Å². The van der Waals surface area contributed by atoms with Gasteiger partial charge in [0.25, 0.3) is 0 Å². The Bertz CT molecular complexity index is 572. The lowest BCUT2D eigenvalue weighted by Gasteiger charge is -2.14. The predicted molar refractivity (Wildman–Crippen MR) is 75.7 cm³/mol. The second-order valence-electron chi connectivity index (χ2n) is 4.53. The Labute approximate surface area is 117 Å². The molecule has 1 atom stereocenters. The molecule has 2 rings (SSSR count). The molecule has 1 aromatic heterocycles. The molecule has 1 heterocycles. The number of aryl methyl sites for hydroxylation is 1. The van der Waals surface area contributed by atoms with Gasteiger partial charge in [0.05, 0.1) is 6.10 Å². The van der Waals surface area contributed by atoms with Crippen LogP contribution in [0.15, 0.2) is 48.7 Å². The monoisotopic (exact) mass is 272 g/mol. The quantitative estimate of drug-likeness (QED) is 0.597. The van der Waals surface area contributed by atoms with Gasteiger partial charge >= 0.3 is 5.82 Å². The summed E-state index contributed by atoms with van der Waals surface area (Å²) in [6.07, 6.45) is 2.93. The Balaban J connectivity index is 1.95. The van der Waals surface area contributed by atoms with E-state index in [0.29, 0.717) is 0 Å². The highest BCUT2D eigenvalue weighted by atomic mass is 16.6. The molecule has 0 aliphatic heterocycles. The van der Waals surface area contributed by atoms with Crippen LogP contribution in [0.2, 0.25) is 0 Å². The van der Waals surface area contributed by atoms with Crippen molar-refractivity contribution in [2.45, 2.75) is 25.9 Å². The highest BCUT2D eigenvalue weighted by Gasteiger charge is 2.17. The molecule has 1 aromatic carbocycles. The van der Waals surface area contributed by atoms with Crippen LogP contribution in [0.1, 0.15) is 18.9 Å². The number of nitro groups is 1. The number of hydrogen-bond donors (Lipinski definition) is 0. The first kappa shape index (κ1) is 14.0. The van der Waals surface area contributed by atoms with E-state index in [0.717, 1.165) is 12.8 Å². The van der Waals surface area contributed by atoms with Gasteiger partial charge in [-0.1, -0.05) is 30.3 Å². The normalized spacial score (nSPS) is 11.8. The number of hydrogen-bond acceptors (Lipinski definition) is 4. The summed E-state index contributed by atoms with van der Waals surface area (Å²) in [6, 6.07) is 13.3. The molecule has 2 aromatic rings. The fourth-order valence-electron chi connectivity index (χ4n) is 1.90. The largest absolute Gasteiger partial charge is 0.483 e. The minimum absolute atomic E-state index is 0.113. The molecule has 0 amide bonds. The highest BCUT2D eigenvalue weighted by Crippen LogP contribution is 2.24. The molecule has 0 spiro atoms. The van der Waals surface area contributed by atoms with Gasteiger partial charge in [-0.15, -0.1) is 0 Å². The van der Waals surface area contributed by atoms with Crippen molar-refractivity contribution in [1.29, 1.82) is 0 Å². The average Bonchev–Trinajstić information content (AvgIpc) is 2.46. The number of ether oxygens (including phenoxy) is 1. The van der Waals surface area contributed by atoms with Crippen molar-refractivity contribution in [2.75, 3.05) is 0 Å². The van der Waals surface area contributed by atoms with Crippen LogP contribution in [0.4, 0.5) is 5.82 Å². The standard InChI is InChI=1S/C15H16N2O3/c1-12(9-10-13-6-3-2-4-7-13)20-14-8-5-11-16-15(14)17(18)19/h2-8,11-12H,9-10H2,1H3. The van der Waals surface area contributed by atoms with E-state index < -0.39 is 4.92 Å². The van der Waals surface area contributed by atoms with Crippen molar-refractivity contribution >= 4 is 5.82 Å². The van der Waals surface area contributed by atoms with Crippen LogP contribution in [0.5, 0.6) is 5.75 Å². The third-order valence-electron chi connectivity index (χ3n) is 2.93.